The van der Waals surface area contributed by atoms with Crippen molar-refractivity contribution in [3.05, 3.63) is 78.0 Å². The molecule has 0 aliphatic carbocycles. The van der Waals surface area contributed by atoms with Crippen molar-refractivity contribution in [1.29, 1.82) is 0 Å². The third-order valence-corrected chi connectivity index (χ3v) is 4.74. The number of hydrogen-bond acceptors (Lipinski definition) is 3. The van der Waals surface area contributed by atoms with Crippen molar-refractivity contribution >= 4 is 28.7 Å². The second-order valence-electron chi connectivity index (χ2n) is 6.81. The van der Waals surface area contributed by atoms with Crippen molar-refractivity contribution in [1.82, 2.24) is 9.38 Å². The molecule has 146 valence electrons. The van der Waals surface area contributed by atoms with E-state index in [1.54, 1.807) is 13.0 Å². The number of nitrogens with one attached hydrogen (secondary N) is 2. The molecule has 6 nitrogen and oxygen atoms in total. The molecule has 4 N–H and O–H groups in total. The van der Waals surface area contributed by atoms with Crippen LogP contribution >= 0.6 is 0 Å². The Kier molecular flexibility index (Phi) is 4.64. The summed E-state index contributed by atoms with van der Waals surface area (Å²) in [5.74, 6) is 0.996. The van der Waals surface area contributed by atoms with Crippen LogP contribution in [0.25, 0.3) is 16.6 Å². The van der Waals surface area contributed by atoms with Crippen molar-refractivity contribution in [2.45, 2.75) is 13.8 Å². The lowest BCUT2D eigenvalue weighted by atomic mass is 10.1. The van der Waals surface area contributed by atoms with Gasteiger partial charge in [-0.3, -0.25) is 0 Å². The minimum Gasteiger partial charge on any atom is -0.382 e. The number of fused-ring (bicyclic) bond motifs is 1. The second-order valence-corrected chi connectivity index (χ2v) is 6.81. The zero-order valence-corrected chi connectivity index (χ0v) is 16.0. The van der Waals surface area contributed by atoms with E-state index < -0.39 is 6.03 Å². The molecule has 0 saturated heterocycles. The molecule has 2 amide bonds. The number of benzene rings is 2. The molecule has 0 fully saturated rings. The van der Waals surface area contributed by atoms with Crippen LogP contribution in [-0.4, -0.2) is 15.4 Å². The summed E-state index contributed by atoms with van der Waals surface area (Å²) in [5, 5.41) is 5.46. The maximum absolute atomic E-state index is 13.3. The van der Waals surface area contributed by atoms with Crippen LogP contribution in [0.2, 0.25) is 0 Å². The zero-order chi connectivity index (χ0) is 20.5. The van der Waals surface area contributed by atoms with Crippen molar-refractivity contribution < 1.29 is 9.18 Å². The number of imidazole rings is 1. The Balaban J connectivity index is 1.52. The van der Waals surface area contributed by atoms with Gasteiger partial charge in [-0.2, -0.15) is 0 Å². The van der Waals surface area contributed by atoms with E-state index in [9.17, 15) is 9.18 Å². The maximum atomic E-state index is 13.3. The lowest BCUT2D eigenvalue weighted by Crippen LogP contribution is -2.19. The van der Waals surface area contributed by atoms with E-state index in [0.717, 1.165) is 22.5 Å². The number of urea groups is 1. The maximum Gasteiger partial charge on any atom is 0.323 e. The molecule has 29 heavy (non-hydrogen) atoms. The van der Waals surface area contributed by atoms with Gasteiger partial charge in [-0.05, 0) is 61.4 Å². The number of halogens is 1. The highest BCUT2D eigenvalue weighted by Gasteiger charge is 2.11. The first kappa shape index (κ1) is 18.5. The van der Waals surface area contributed by atoms with E-state index in [2.05, 4.69) is 15.6 Å². The summed E-state index contributed by atoms with van der Waals surface area (Å²) < 4.78 is 15.3. The Morgan fingerprint density at radius 2 is 1.72 bits per heavy atom. The van der Waals surface area contributed by atoms with E-state index in [1.807, 2.05) is 53.9 Å². The van der Waals surface area contributed by atoms with Crippen LogP contribution in [0.15, 0.2) is 60.8 Å². The molecule has 0 atom stereocenters. The predicted molar refractivity (Wildman–Crippen MR) is 114 cm³/mol. The third-order valence-electron chi connectivity index (χ3n) is 4.74. The molecular formula is C22H20FN5O. The normalized spacial score (nSPS) is 10.9. The van der Waals surface area contributed by atoms with E-state index in [0.29, 0.717) is 22.8 Å². The average molecular weight is 389 g/mol. The number of pyridine rings is 1. The van der Waals surface area contributed by atoms with Crippen LogP contribution in [0.4, 0.5) is 26.4 Å². The molecule has 4 rings (SSSR count). The van der Waals surface area contributed by atoms with Gasteiger partial charge in [-0.15, -0.1) is 0 Å². The first-order valence-electron chi connectivity index (χ1n) is 9.10. The van der Waals surface area contributed by atoms with E-state index in [1.165, 1.54) is 12.1 Å². The molecule has 0 bridgehead atoms. The summed E-state index contributed by atoms with van der Waals surface area (Å²) in [7, 11) is 0. The van der Waals surface area contributed by atoms with Crippen LogP contribution in [-0.2, 0) is 0 Å². The topological polar surface area (TPSA) is 84.5 Å². The van der Waals surface area contributed by atoms with Gasteiger partial charge in [0.2, 0.25) is 0 Å². The Morgan fingerprint density at radius 1 is 1.03 bits per heavy atom. The van der Waals surface area contributed by atoms with Gasteiger partial charge in [0.25, 0.3) is 0 Å². The fraction of sp³-hybridized carbons (Fsp3) is 0.0909. The van der Waals surface area contributed by atoms with Crippen molar-refractivity contribution in [3.8, 4) is 11.1 Å². The summed E-state index contributed by atoms with van der Waals surface area (Å²) in [6.07, 6.45) is 1.93. The molecule has 0 aliphatic rings. The molecule has 2 heterocycles. The standard InChI is InChI=1S/C22H20FN5O/c1-13-12-17(9-10-19(13)23)27-22(29)26-16-7-5-15(6-8-16)18-4-3-11-28-14(2)25-21(24)20(18)28/h3-12H,24H2,1-2H3,(H2,26,27,29). The van der Waals surface area contributed by atoms with E-state index in [-0.39, 0.29) is 5.82 Å². The molecule has 0 aliphatic heterocycles. The first-order valence-corrected chi connectivity index (χ1v) is 9.10. The monoisotopic (exact) mass is 389 g/mol. The molecule has 0 radical (unpaired) electrons. The number of carbonyl (C=O) groups excluding carboxylic acids is 1. The largest absolute Gasteiger partial charge is 0.382 e. The van der Waals surface area contributed by atoms with Gasteiger partial charge in [0, 0.05) is 23.1 Å². The molecule has 4 aromatic rings. The summed E-state index contributed by atoms with van der Waals surface area (Å²) >= 11 is 0. The predicted octanol–water partition coefficient (Wildman–Crippen LogP) is 4.98. The Hall–Kier alpha value is -3.87. The van der Waals surface area contributed by atoms with Crippen molar-refractivity contribution in [3.63, 3.8) is 0 Å². The van der Waals surface area contributed by atoms with Crippen LogP contribution in [0.5, 0.6) is 0 Å². The summed E-state index contributed by atoms with van der Waals surface area (Å²) in [5.41, 5.74) is 10.5. The van der Waals surface area contributed by atoms with Gasteiger partial charge in [0.05, 0.1) is 5.52 Å². The summed E-state index contributed by atoms with van der Waals surface area (Å²) in [4.78, 5) is 16.5. The molecule has 2 aromatic heterocycles. The number of nitrogens with two attached hydrogens (primary N) is 1. The fourth-order valence-corrected chi connectivity index (χ4v) is 3.30. The molecule has 7 heteroatoms. The van der Waals surface area contributed by atoms with Crippen molar-refractivity contribution in [2.75, 3.05) is 16.4 Å². The zero-order valence-electron chi connectivity index (χ0n) is 16.0. The number of anilines is 3. The van der Waals surface area contributed by atoms with Gasteiger partial charge in [0.15, 0.2) is 5.82 Å². The summed E-state index contributed by atoms with van der Waals surface area (Å²) in [6.45, 7) is 3.55. The van der Waals surface area contributed by atoms with Gasteiger partial charge < -0.3 is 20.8 Å². The van der Waals surface area contributed by atoms with Crippen molar-refractivity contribution in [2.24, 2.45) is 0 Å². The SMILES string of the molecule is Cc1cc(NC(=O)Nc2ccc(-c3cccn4c(C)nc(N)c34)cc2)ccc1F. The van der Waals surface area contributed by atoms with Crippen LogP contribution in [0.3, 0.4) is 0 Å². The smallest absolute Gasteiger partial charge is 0.323 e. The average Bonchev–Trinajstić information content (AvgIpc) is 2.99. The molecular weight excluding hydrogens is 369 g/mol. The lowest BCUT2D eigenvalue weighted by Gasteiger charge is -2.10. The van der Waals surface area contributed by atoms with Crippen LogP contribution in [0, 0.1) is 19.7 Å². The number of aromatic nitrogens is 2. The number of aryl methyl sites for hydroxylation is 2. The number of nitrogen functional groups attached to an aromatic ring is 1. The van der Waals surface area contributed by atoms with Gasteiger partial charge in [0.1, 0.15) is 11.6 Å². The Bertz CT molecular complexity index is 1210. The Labute approximate surface area is 167 Å². The summed E-state index contributed by atoms with van der Waals surface area (Å²) in [6, 6.07) is 15.4. The highest BCUT2D eigenvalue weighted by atomic mass is 19.1. The van der Waals surface area contributed by atoms with E-state index >= 15 is 0 Å². The molecule has 0 unspecified atom stereocenters. The molecule has 0 saturated carbocycles. The number of nitrogens with zero attached hydrogens (tertiary/aromatic N) is 2. The number of carbonyl (C=O) groups is 1. The van der Waals surface area contributed by atoms with Crippen LogP contribution in [0.1, 0.15) is 11.4 Å². The minimum absolute atomic E-state index is 0.310. The quantitative estimate of drug-likeness (QED) is 0.462. The highest BCUT2D eigenvalue weighted by molar-refractivity contribution is 6.00. The second kappa shape index (κ2) is 7.27. The number of amides is 2. The van der Waals surface area contributed by atoms with Gasteiger partial charge >= 0.3 is 6.03 Å². The third kappa shape index (κ3) is 3.62. The Morgan fingerprint density at radius 3 is 2.45 bits per heavy atom. The number of hydrogen-bond donors (Lipinski definition) is 3. The van der Waals surface area contributed by atoms with Crippen LogP contribution < -0.4 is 16.4 Å². The molecule has 0 spiro atoms. The fourth-order valence-electron chi connectivity index (χ4n) is 3.30. The lowest BCUT2D eigenvalue weighted by molar-refractivity contribution is 0.262. The number of rotatable bonds is 3. The van der Waals surface area contributed by atoms with Gasteiger partial charge in [-0.1, -0.05) is 18.2 Å². The minimum atomic E-state index is -0.401. The molecule has 2 aromatic carbocycles. The van der Waals surface area contributed by atoms with E-state index in [4.69, 9.17) is 5.73 Å². The van der Waals surface area contributed by atoms with Gasteiger partial charge in [-0.25, -0.2) is 14.2 Å². The highest BCUT2D eigenvalue weighted by Crippen LogP contribution is 2.29. The first-order chi connectivity index (χ1) is 13.9.